The number of nitrogens with zero attached hydrogens (tertiary/aromatic N) is 3. The maximum absolute atomic E-state index is 11.6. The standard InChI is InChI=1S/C14H18N4O3/c1-14(2)20-5-10(21-14)9-3-8(9)4-18-7-17-11-12(18)15-6-16-13(11)19/h6-10H,3-5H2,1-2H3,(H,15,16,19)/t8-,9-,10-/m1/s1. The molecular weight excluding hydrogens is 272 g/mol. The van der Waals surface area contributed by atoms with Gasteiger partial charge >= 0.3 is 0 Å². The van der Waals surface area contributed by atoms with Crippen LogP contribution in [-0.4, -0.2) is 38.0 Å². The first kappa shape index (κ1) is 13.0. The number of nitrogens with one attached hydrogen (secondary N) is 1. The number of hydrogen-bond acceptors (Lipinski definition) is 5. The highest BCUT2D eigenvalue weighted by molar-refractivity contribution is 5.68. The van der Waals surface area contributed by atoms with Crippen molar-refractivity contribution in [1.29, 1.82) is 0 Å². The number of hydrogen-bond donors (Lipinski definition) is 1. The monoisotopic (exact) mass is 290 g/mol. The Labute approximate surface area is 121 Å². The molecule has 2 aromatic rings. The molecule has 4 rings (SSSR count). The van der Waals surface area contributed by atoms with Gasteiger partial charge in [-0.05, 0) is 32.1 Å². The van der Waals surface area contributed by atoms with Crippen LogP contribution in [0.15, 0.2) is 17.4 Å². The molecule has 3 atom stereocenters. The summed E-state index contributed by atoms with van der Waals surface area (Å²) in [5.74, 6) is 0.589. The van der Waals surface area contributed by atoms with Gasteiger partial charge in [0.15, 0.2) is 17.0 Å². The zero-order valence-corrected chi connectivity index (χ0v) is 12.1. The second-order valence-corrected chi connectivity index (χ2v) is 6.33. The lowest BCUT2D eigenvalue weighted by atomic mass is 10.2. The molecule has 21 heavy (non-hydrogen) atoms. The van der Waals surface area contributed by atoms with E-state index in [4.69, 9.17) is 9.47 Å². The molecular formula is C14H18N4O3. The minimum Gasteiger partial charge on any atom is -0.348 e. The average molecular weight is 290 g/mol. The van der Waals surface area contributed by atoms with Crippen molar-refractivity contribution < 1.29 is 9.47 Å². The summed E-state index contributed by atoms with van der Waals surface area (Å²) >= 11 is 0. The average Bonchev–Trinajstić information content (AvgIpc) is 2.91. The third kappa shape index (κ3) is 2.26. The quantitative estimate of drug-likeness (QED) is 0.908. The molecule has 7 nitrogen and oxygen atoms in total. The first-order valence-electron chi connectivity index (χ1n) is 7.24. The molecule has 1 aliphatic carbocycles. The molecule has 1 saturated carbocycles. The lowest BCUT2D eigenvalue weighted by Crippen LogP contribution is -2.22. The van der Waals surface area contributed by atoms with E-state index >= 15 is 0 Å². The van der Waals surface area contributed by atoms with E-state index in [-0.39, 0.29) is 11.7 Å². The van der Waals surface area contributed by atoms with Gasteiger partial charge in [-0.1, -0.05) is 0 Å². The van der Waals surface area contributed by atoms with E-state index in [1.54, 1.807) is 6.33 Å². The molecule has 0 radical (unpaired) electrons. The van der Waals surface area contributed by atoms with E-state index in [1.165, 1.54) is 6.33 Å². The van der Waals surface area contributed by atoms with Crippen LogP contribution in [-0.2, 0) is 16.0 Å². The van der Waals surface area contributed by atoms with Crippen molar-refractivity contribution in [2.24, 2.45) is 11.8 Å². The predicted octanol–water partition coefficient (Wildman–Crippen LogP) is 0.907. The summed E-state index contributed by atoms with van der Waals surface area (Å²) in [6.45, 7) is 5.38. The van der Waals surface area contributed by atoms with Crippen LogP contribution in [0.1, 0.15) is 20.3 Å². The fraction of sp³-hybridized carbons (Fsp3) is 0.643. The van der Waals surface area contributed by atoms with Gasteiger partial charge in [0.25, 0.3) is 5.56 Å². The van der Waals surface area contributed by atoms with Gasteiger partial charge in [-0.15, -0.1) is 0 Å². The minimum atomic E-state index is -0.464. The molecule has 0 unspecified atom stereocenters. The third-order valence-electron chi connectivity index (χ3n) is 4.32. The Morgan fingerprint density at radius 3 is 3.10 bits per heavy atom. The molecule has 2 fully saturated rings. The maximum atomic E-state index is 11.6. The number of fused-ring (bicyclic) bond motifs is 1. The Kier molecular flexibility index (Phi) is 2.71. The molecule has 0 amide bonds. The van der Waals surface area contributed by atoms with Gasteiger partial charge in [-0.3, -0.25) is 4.79 Å². The van der Waals surface area contributed by atoms with E-state index in [0.717, 1.165) is 13.0 Å². The molecule has 1 aliphatic heterocycles. The van der Waals surface area contributed by atoms with Crippen molar-refractivity contribution in [1.82, 2.24) is 19.5 Å². The van der Waals surface area contributed by atoms with Crippen molar-refractivity contribution in [3.05, 3.63) is 23.0 Å². The Bertz CT molecular complexity index is 735. The molecule has 7 heteroatoms. The molecule has 0 spiro atoms. The van der Waals surface area contributed by atoms with Gasteiger partial charge in [-0.2, -0.15) is 0 Å². The smallest absolute Gasteiger partial charge is 0.278 e. The van der Waals surface area contributed by atoms with Gasteiger partial charge in [0.2, 0.25) is 0 Å². The number of rotatable bonds is 3. The van der Waals surface area contributed by atoms with E-state index in [0.29, 0.717) is 29.6 Å². The highest BCUT2D eigenvalue weighted by Crippen LogP contribution is 2.46. The van der Waals surface area contributed by atoms with Gasteiger partial charge in [0, 0.05) is 6.54 Å². The summed E-state index contributed by atoms with van der Waals surface area (Å²) in [4.78, 5) is 22.5. The Morgan fingerprint density at radius 1 is 1.48 bits per heavy atom. The molecule has 3 heterocycles. The van der Waals surface area contributed by atoms with Crippen LogP contribution in [0.2, 0.25) is 0 Å². The van der Waals surface area contributed by atoms with Crippen LogP contribution in [0.3, 0.4) is 0 Å². The first-order chi connectivity index (χ1) is 10.0. The number of ether oxygens (including phenoxy) is 2. The van der Waals surface area contributed by atoms with E-state index < -0.39 is 5.79 Å². The van der Waals surface area contributed by atoms with Crippen molar-refractivity contribution in [3.8, 4) is 0 Å². The predicted molar refractivity (Wildman–Crippen MR) is 74.6 cm³/mol. The zero-order chi connectivity index (χ0) is 14.6. The van der Waals surface area contributed by atoms with Gasteiger partial charge in [0.05, 0.1) is 25.4 Å². The fourth-order valence-corrected chi connectivity index (χ4v) is 3.14. The first-order valence-corrected chi connectivity index (χ1v) is 7.24. The highest BCUT2D eigenvalue weighted by atomic mass is 16.7. The molecule has 0 aromatic carbocycles. The summed E-state index contributed by atoms with van der Waals surface area (Å²) in [7, 11) is 0. The van der Waals surface area contributed by atoms with Crippen molar-refractivity contribution in [2.75, 3.05) is 6.61 Å². The van der Waals surface area contributed by atoms with Crippen molar-refractivity contribution in [3.63, 3.8) is 0 Å². The second kappa shape index (κ2) is 4.38. The number of aromatic amines is 1. The summed E-state index contributed by atoms with van der Waals surface area (Å²) in [5, 5.41) is 0. The van der Waals surface area contributed by atoms with Crippen LogP contribution in [0, 0.1) is 11.8 Å². The molecule has 0 bridgehead atoms. The van der Waals surface area contributed by atoms with E-state index in [2.05, 4.69) is 15.0 Å². The largest absolute Gasteiger partial charge is 0.348 e. The summed E-state index contributed by atoms with van der Waals surface area (Å²) in [6.07, 6.45) is 4.41. The normalized spacial score (nSPS) is 30.9. The maximum Gasteiger partial charge on any atom is 0.278 e. The lowest BCUT2D eigenvalue weighted by molar-refractivity contribution is -0.141. The topological polar surface area (TPSA) is 82.0 Å². The van der Waals surface area contributed by atoms with Crippen LogP contribution in [0.25, 0.3) is 11.2 Å². The summed E-state index contributed by atoms with van der Waals surface area (Å²) in [6, 6.07) is 0. The molecule has 2 aliphatic rings. The number of aromatic nitrogens is 4. The van der Waals surface area contributed by atoms with E-state index in [9.17, 15) is 4.79 Å². The van der Waals surface area contributed by atoms with Crippen LogP contribution < -0.4 is 5.56 Å². The molecule has 1 N–H and O–H groups in total. The van der Waals surface area contributed by atoms with Gasteiger partial charge in [-0.25, -0.2) is 9.97 Å². The highest BCUT2D eigenvalue weighted by Gasteiger charge is 2.48. The molecule has 2 aromatic heterocycles. The van der Waals surface area contributed by atoms with Crippen LogP contribution in [0.4, 0.5) is 0 Å². The van der Waals surface area contributed by atoms with Crippen LogP contribution in [0.5, 0.6) is 0 Å². The van der Waals surface area contributed by atoms with E-state index in [1.807, 2.05) is 18.4 Å². The number of imidazole rings is 1. The molecule has 112 valence electrons. The minimum absolute atomic E-state index is 0.177. The Hall–Kier alpha value is -1.73. The van der Waals surface area contributed by atoms with Crippen LogP contribution >= 0.6 is 0 Å². The SMILES string of the molecule is CC1(C)OC[C@H]([C@@H]2C[C@@H]2Cn2cnc3c(=O)[nH]cnc32)O1. The van der Waals surface area contributed by atoms with Gasteiger partial charge in [0.1, 0.15) is 0 Å². The van der Waals surface area contributed by atoms with Crippen molar-refractivity contribution >= 4 is 11.2 Å². The van der Waals surface area contributed by atoms with Gasteiger partial charge < -0.3 is 19.0 Å². The fourth-order valence-electron chi connectivity index (χ4n) is 3.14. The third-order valence-corrected chi connectivity index (χ3v) is 4.32. The van der Waals surface area contributed by atoms with Crippen molar-refractivity contribution in [2.45, 2.75) is 38.7 Å². The lowest BCUT2D eigenvalue weighted by Gasteiger charge is -2.17. The Balaban J connectivity index is 1.48. The Morgan fingerprint density at radius 2 is 2.33 bits per heavy atom. The number of H-pyrrole nitrogens is 1. The summed E-state index contributed by atoms with van der Waals surface area (Å²) < 4.78 is 13.5. The second-order valence-electron chi connectivity index (χ2n) is 6.33. The zero-order valence-electron chi connectivity index (χ0n) is 12.1. The summed E-state index contributed by atoms with van der Waals surface area (Å²) in [5.41, 5.74) is 0.852. The molecule has 1 saturated heterocycles.